The average molecular weight is 281 g/mol. The normalized spacial score (nSPS) is 38.1. The molecule has 4 atom stereocenters. The third-order valence-electron chi connectivity index (χ3n) is 5.36. The van der Waals surface area contributed by atoms with E-state index in [-0.39, 0.29) is 24.8 Å². The molecule has 2 aliphatic rings. The maximum absolute atomic E-state index is 6.30. The summed E-state index contributed by atoms with van der Waals surface area (Å²) in [4.78, 5) is 0. The fourth-order valence-electron chi connectivity index (χ4n) is 4.32. The molecule has 2 N–H and O–H groups in total. The molecule has 116 valence electrons. The van der Waals surface area contributed by atoms with Gasteiger partial charge in [-0.1, -0.05) is 41.0 Å². The summed E-state index contributed by atoms with van der Waals surface area (Å²) < 4.78 is 12.5. The lowest BCUT2D eigenvalue weighted by Gasteiger charge is -2.48. The predicted molar refractivity (Wildman–Crippen MR) is 84.3 cm³/mol. The van der Waals surface area contributed by atoms with Crippen LogP contribution in [0.3, 0.4) is 0 Å². The second-order valence-corrected chi connectivity index (χ2v) is 8.22. The van der Waals surface area contributed by atoms with Crippen LogP contribution in [0.25, 0.3) is 0 Å². The maximum Gasteiger partial charge on any atom is 0.475 e. The standard InChI is InChI=1S/C16H32BNO2/c1-7-12-9-13-16(6,10-15(12,4)5)20-17(19-13)14(18)8-11(2)3/h11-14H,7-10,18H2,1-6H3. The van der Waals surface area contributed by atoms with Crippen LogP contribution >= 0.6 is 0 Å². The van der Waals surface area contributed by atoms with Gasteiger partial charge in [-0.15, -0.1) is 0 Å². The van der Waals surface area contributed by atoms with Crippen molar-refractivity contribution < 1.29 is 9.31 Å². The Morgan fingerprint density at radius 1 is 1.30 bits per heavy atom. The van der Waals surface area contributed by atoms with Gasteiger partial charge < -0.3 is 15.0 Å². The van der Waals surface area contributed by atoms with Crippen LogP contribution in [-0.2, 0) is 9.31 Å². The van der Waals surface area contributed by atoms with Gasteiger partial charge in [0.25, 0.3) is 0 Å². The molecule has 0 spiro atoms. The highest BCUT2D eigenvalue weighted by atomic mass is 16.7. The number of rotatable bonds is 4. The van der Waals surface area contributed by atoms with Crippen molar-refractivity contribution in [1.82, 2.24) is 0 Å². The van der Waals surface area contributed by atoms with Crippen LogP contribution in [0.5, 0.6) is 0 Å². The van der Waals surface area contributed by atoms with Gasteiger partial charge in [0.05, 0.1) is 11.7 Å². The van der Waals surface area contributed by atoms with Gasteiger partial charge in [0, 0.05) is 5.94 Å². The minimum Gasteiger partial charge on any atom is -0.404 e. The van der Waals surface area contributed by atoms with E-state index in [9.17, 15) is 0 Å². The van der Waals surface area contributed by atoms with Crippen molar-refractivity contribution in [1.29, 1.82) is 0 Å². The van der Waals surface area contributed by atoms with Crippen molar-refractivity contribution in [2.45, 2.75) is 84.9 Å². The van der Waals surface area contributed by atoms with Crippen LogP contribution in [0, 0.1) is 17.3 Å². The molecule has 2 rings (SSSR count). The molecule has 0 aromatic carbocycles. The minimum atomic E-state index is -0.223. The first kappa shape index (κ1) is 16.3. The first-order valence-electron chi connectivity index (χ1n) is 8.27. The maximum atomic E-state index is 6.30. The number of hydrogen-bond donors (Lipinski definition) is 1. The van der Waals surface area contributed by atoms with Gasteiger partial charge in [-0.25, -0.2) is 0 Å². The molecule has 20 heavy (non-hydrogen) atoms. The zero-order valence-corrected chi connectivity index (χ0v) is 14.1. The SMILES string of the molecule is CCC1CC2OB(C(N)CC(C)C)OC2(C)CC1(C)C. The van der Waals surface area contributed by atoms with E-state index < -0.39 is 0 Å². The van der Waals surface area contributed by atoms with Crippen LogP contribution in [0.15, 0.2) is 0 Å². The molecule has 0 aromatic heterocycles. The third kappa shape index (κ3) is 3.07. The molecule has 4 unspecified atom stereocenters. The molecule has 1 saturated carbocycles. The van der Waals surface area contributed by atoms with E-state index >= 15 is 0 Å². The summed E-state index contributed by atoms with van der Waals surface area (Å²) in [6, 6.07) is 0. The summed E-state index contributed by atoms with van der Waals surface area (Å²) in [6.45, 7) is 13.6. The van der Waals surface area contributed by atoms with E-state index in [1.54, 1.807) is 0 Å². The van der Waals surface area contributed by atoms with Crippen LogP contribution in [0.1, 0.15) is 67.2 Å². The van der Waals surface area contributed by atoms with Crippen molar-refractivity contribution in [2.75, 3.05) is 0 Å². The quantitative estimate of drug-likeness (QED) is 0.803. The summed E-state index contributed by atoms with van der Waals surface area (Å²) in [5.41, 5.74) is 6.44. The fraction of sp³-hybridized carbons (Fsp3) is 1.00. The second kappa shape index (κ2) is 5.62. The van der Waals surface area contributed by atoms with Crippen molar-refractivity contribution in [3.63, 3.8) is 0 Å². The molecule has 1 aliphatic heterocycles. The van der Waals surface area contributed by atoms with E-state index in [2.05, 4.69) is 41.5 Å². The van der Waals surface area contributed by atoms with Crippen LogP contribution in [-0.4, -0.2) is 24.8 Å². The Morgan fingerprint density at radius 3 is 2.50 bits per heavy atom. The van der Waals surface area contributed by atoms with Crippen molar-refractivity contribution in [3.05, 3.63) is 0 Å². The fourth-order valence-corrected chi connectivity index (χ4v) is 4.32. The topological polar surface area (TPSA) is 44.5 Å². The summed E-state index contributed by atoms with van der Waals surface area (Å²) in [5.74, 6) is 1.28. The van der Waals surface area contributed by atoms with Gasteiger partial charge in [0.1, 0.15) is 0 Å². The molecule has 2 fully saturated rings. The molecular formula is C16H32BNO2. The van der Waals surface area contributed by atoms with Gasteiger partial charge in [-0.05, 0) is 43.4 Å². The first-order valence-corrected chi connectivity index (χ1v) is 8.27. The number of hydrogen-bond acceptors (Lipinski definition) is 3. The van der Waals surface area contributed by atoms with E-state index in [0.717, 1.165) is 19.3 Å². The van der Waals surface area contributed by atoms with Gasteiger partial charge >= 0.3 is 7.12 Å². The molecule has 1 aliphatic carbocycles. The molecule has 0 bridgehead atoms. The van der Waals surface area contributed by atoms with E-state index in [0.29, 0.717) is 17.3 Å². The summed E-state index contributed by atoms with van der Waals surface area (Å²) >= 11 is 0. The molecule has 1 saturated heterocycles. The first-order chi connectivity index (χ1) is 9.18. The predicted octanol–water partition coefficient (Wildman–Crippen LogP) is 3.41. The smallest absolute Gasteiger partial charge is 0.404 e. The molecule has 0 amide bonds. The Labute approximate surface area is 125 Å². The van der Waals surface area contributed by atoms with E-state index in [1.165, 1.54) is 6.42 Å². The highest BCUT2D eigenvalue weighted by Gasteiger charge is 2.56. The Kier molecular flexibility index (Phi) is 4.59. The zero-order valence-electron chi connectivity index (χ0n) is 14.1. The van der Waals surface area contributed by atoms with Crippen LogP contribution in [0.4, 0.5) is 0 Å². The van der Waals surface area contributed by atoms with Crippen molar-refractivity contribution >= 4 is 7.12 Å². The van der Waals surface area contributed by atoms with Crippen LogP contribution < -0.4 is 5.73 Å². The molecule has 3 nitrogen and oxygen atoms in total. The zero-order chi connectivity index (χ0) is 15.1. The molecule has 0 aromatic rings. The summed E-state index contributed by atoms with van der Waals surface area (Å²) in [7, 11) is -0.223. The Balaban J connectivity index is 2.08. The van der Waals surface area contributed by atoms with Gasteiger partial charge in [0.2, 0.25) is 0 Å². The summed E-state index contributed by atoms with van der Waals surface area (Å²) in [5, 5.41) is 0. The third-order valence-corrected chi connectivity index (χ3v) is 5.36. The van der Waals surface area contributed by atoms with Gasteiger partial charge in [-0.3, -0.25) is 0 Å². The van der Waals surface area contributed by atoms with E-state index in [4.69, 9.17) is 15.0 Å². The van der Waals surface area contributed by atoms with Gasteiger partial charge in [0.15, 0.2) is 0 Å². The highest BCUT2D eigenvalue weighted by Crippen LogP contribution is 2.51. The highest BCUT2D eigenvalue weighted by molar-refractivity contribution is 6.47. The lowest BCUT2D eigenvalue weighted by molar-refractivity contribution is -0.0633. The molecular weight excluding hydrogens is 249 g/mol. The van der Waals surface area contributed by atoms with E-state index in [1.807, 2.05) is 0 Å². The van der Waals surface area contributed by atoms with Crippen molar-refractivity contribution in [2.24, 2.45) is 23.0 Å². The molecule has 1 heterocycles. The largest absolute Gasteiger partial charge is 0.475 e. The lowest BCUT2D eigenvalue weighted by Crippen LogP contribution is -2.50. The van der Waals surface area contributed by atoms with Gasteiger partial charge in [-0.2, -0.15) is 0 Å². The molecule has 0 radical (unpaired) electrons. The van der Waals surface area contributed by atoms with Crippen molar-refractivity contribution in [3.8, 4) is 0 Å². The monoisotopic (exact) mass is 281 g/mol. The summed E-state index contributed by atoms with van der Waals surface area (Å²) in [6.07, 6.45) is 4.54. The average Bonchev–Trinajstić information content (AvgIpc) is 2.61. The number of nitrogens with two attached hydrogens (primary N) is 1. The Bertz CT molecular complexity index is 347. The van der Waals surface area contributed by atoms with Crippen LogP contribution in [0.2, 0.25) is 0 Å². The lowest BCUT2D eigenvalue weighted by atomic mass is 9.62. The Hall–Kier alpha value is -0.0551. The number of fused-ring (bicyclic) bond motifs is 1. The molecule has 4 heteroatoms. The minimum absolute atomic E-state index is 0.0133. The Morgan fingerprint density at radius 2 is 1.95 bits per heavy atom. The second-order valence-electron chi connectivity index (χ2n) is 8.22.